The van der Waals surface area contributed by atoms with Gasteiger partial charge >= 0.3 is 5.97 Å². The van der Waals surface area contributed by atoms with Crippen molar-refractivity contribution in [2.75, 3.05) is 7.11 Å². The number of nitrogens with zero attached hydrogens (tertiary/aromatic N) is 1. The smallest absolute Gasteiger partial charge is 0.379 e. The molecule has 1 aromatic heterocycles. The predicted octanol–water partition coefficient (Wildman–Crippen LogP) is 4.23. The number of nitrogens with one attached hydrogen (secondary N) is 1. The van der Waals surface area contributed by atoms with E-state index in [0.29, 0.717) is 21.9 Å². The Bertz CT molecular complexity index is 1060. The van der Waals surface area contributed by atoms with Gasteiger partial charge in [-0.3, -0.25) is 4.79 Å². The Labute approximate surface area is 171 Å². The van der Waals surface area contributed by atoms with Crippen molar-refractivity contribution in [3.05, 3.63) is 82.3 Å². The molecule has 0 aliphatic rings. The van der Waals surface area contributed by atoms with Gasteiger partial charge in [0.05, 0.1) is 30.2 Å². The zero-order valence-electron chi connectivity index (χ0n) is 15.6. The second-order valence-electron chi connectivity index (χ2n) is 5.96. The van der Waals surface area contributed by atoms with E-state index in [1.54, 1.807) is 42.5 Å². The molecule has 7 nitrogen and oxygen atoms in total. The van der Waals surface area contributed by atoms with E-state index in [2.05, 4.69) is 10.5 Å². The van der Waals surface area contributed by atoms with Gasteiger partial charge in [-0.25, -0.2) is 10.2 Å². The normalized spacial score (nSPS) is 10.7. The minimum atomic E-state index is -0.642. The molecule has 0 spiro atoms. The third-order valence-electron chi connectivity index (χ3n) is 3.86. The lowest BCUT2D eigenvalue weighted by atomic mass is 10.1. The number of carbonyl (C=O) groups excluding carboxylic acids is 2. The monoisotopic (exact) mass is 412 g/mol. The van der Waals surface area contributed by atoms with Crippen LogP contribution in [0.3, 0.4) is 0 Å². The molecule has 2 aromatic carbocycles. The van der Waals surface area contributed by atoms with Crippen LogP contribution < -0.4 is 14.9 Å². The zero-order chi connectivity index (χ0) is 20.8. The molecular weight excluding hydrogens is 396 g/mol. The summed E-state index contributed by atoms with van der Waals surface area (Å²) in [7, 11) is 1.45. The second-order valence-corrected chi connectivity index (χ2v) is 6.37. The highest BCUT2D eigenvalue weighted by Crippen LogP contribution is 2.28. The fourth-order valence-electron chi connectivity index (χ4n) is 2.42. The van der Waals surface area contributed by atoms with Crippen molar-refractivity contribution in [1.29, 1.82) is 0 Å². The lowest BCUT2D eigenvalue weighted by Gasteiger charge is -2.09. The quantitative estimate of drug-likeness (QED) is 0.283. The number of hydrogen-bond donors (Lipinski definition) is 1. The van der Waals surface area contributed by atoms with Gasteiger partial charge < -0.3 is 13.9 Å². The van der Waals surface area contributed by atoms with Crippen LogP contribution in [0.5, 0.6) is 11.5 Å². The topological polar surface area (TPSA) is 90.1 Å². The van der Waals surface area contributed by atoms with Gasteiger partial charge in [-0.2, -0.15) is 5.10 Å². The summed E-state index contributed by atoms with van der Waals surface area (Å²) in [5.74, 6) is -0.447. The number of ether oxygens (including phenoxy) is 2. The molecule has 29 heavy (non-hydrogen) atoms. The first-order chi connectivity index (χ1) is 14.0. The number of methoxy groups -OCH3 is 1. The third kappa shape index (κ3) is 5.03. The molecule has 0 aliphatic heterocycles. The summed E-state index contributed by atoms with van der Waals surface area (Å²) in [5.41, 5.74) is 4.32. The molecule has 1 N–H and O–H groups in total. The standard InChI is InChI=1S/C21H17ClN2O5/c1-13-5-7-15(16(22)10-13)20(25)24-23-12-14-6-8-17(19(11-14)27-2)29-21(26)18-4-3-9-28-18/h3-12H,1-2H3,(H,24,25)/b23-12-. The van der Waals surface area contributed by atoms with E-state index >= 15 is 0 Å². The number of benzene rings is 2. The van der Waals surface area contributed by atoms with Crippen LogP contribution in [0.1, 0.15) is 32.0 Å². The van der Waals surface area contributed by atoms with Crippen molar-refractivity contribution >= 4 is 29.7 Å². The highest BCUT2D eigenvalue weighted by atomic mass is 35.5. The molecule has 0 unspecified atom stereocenters. The molecule has 0 radical (unpaired) electrons. The molecule has 0 saturated carbocycles. The minimum absolute atomic E-state index is 0.0789. The Morgan fingerprint density at radius 2 is 1.97 bits per heavy atom. The van der Waals surface area contributed by atoms with Crippen LogP contribution in [0.4, 0.5) is 0 Å². The van der Waals surface area contributed by atoms with Gasteiger partial charge in [0.1, 0.15) is 0 Å². The van der Waals surface area contributed by atoms with E-state index in [0.717, 1.165) is 5.56 Å². The summed E-state index contributed by atoms with van der Waals surface area (Å²) in [4.78, 5) is 24.2. The lowest BCUT2D eigenvalue weighted by Crippen LogP contribution is -2.18. The summed E-state index contributed by atoms with van der Waals surface area (Å²) in [6.07, 6.45) is 2.81. The van der Waals surface area contributed by atoms with E-state index in [1.165, 1.54) is 25.7 Å². The van der Waals surface area contributed by atoms with E-state index < -0.39 is 11.9 Å². The molecule has 148 valence electrons. The van der Waals surface area contributed by atoms with E-state index in [4.69, 9.17) is 25.5 Å². The van der Waals surface area contributed by atoms with Gasteiger partial charge in [-0.1, -0.05) is 17.7 Å². The summed E-state index contributed by atoms with van der Waals surface area (Å²) in [6, 6.07) is 13.0. The summed E-state index contributed by atoms with van der Waals surface area (Å²) >= 11 is 6.08. The molecule has 3 rings (SSSR count). The van der Waals surface area contributed by atoms with Crippen molar-refractivity contribution in [2.24, 2.45) is 5.10 Å². The maximum atomic E-state index is 12.2. The number of esters is 1. The van der Waals surface area contributed by atoms with Gasteiger partial charge in [0.25, 0.3) is 5.91 Å². The molecule has 0 atom stereocenters. The van der Waals surface area contributed by atoms with Gasteiger partial charge in [0.15, 0.2) is 11.5 Å². The van der Waals surface area contributed by atoms with Crippen molar-refractivity contribution in [3.8, 4) is 11.5 Å². The Balaban J connectivity index is 1.68. The van der Waals surface area contributed by atoms with Crippen LogP contribution >= 0.6 is 11.6 Å². The zero-order valence-corrected chi connectivity index (χ0v) is 16.4. The van der Waals surface area contributed by atoms with Gasteiger partial charge in [-0.15, -0.1) is 0 Å². The number of carbonyl (C=O) groups is 2. The Morgan fingerprint density at radius 3 is 2.66 bits per heavy atom. The summed E-state index contributed by atoms with van der Waals surface area (Å²) in [5, 5.41) is 4.28. The Kier molecular flexibility index (Phi) is 6.31. The second kappa shape index (κ2) is 9.07. The van der Waals surface area contributed by atoms with E-state index in [1.807, 2.05) is 6.92 Å². The molecular formula is C21H17ClN2O5. The van der Waals surface area contributed by atoms with Gasteiger partial charge in [0.2, 0.25) is 5.76 Å². The molecule has 0 bridgehead atoms. The number of rotatable bonds is 6. The van der Waals surface area contributed by atoms with Crippen molar-refractivity contribution in [3.63, 3.8) is 0 Å². The number of halogens is 1. The van der Waals surface area contributed by atoms with Crippen LogP contribution in [-0.2, 0) is 0 Å². The van der Waals surface area contributed by atoms with Crippen molar-refractivity contribution in [2.45, 2.75) is 6.92 Å². The first-order valence-corrected chi connectivity index (χ1v) is 8.89. The highest BCUT2D eigenvalue weighted by molar-refractivity contribution is 6.33. The molecule has 3 aromatic rings. The third-order valence-corrected chi connectivity index (χ3v) is 4.17. The molecule has 1 heterocycles. The average Bonchev–Trinajstić information content (AvgIpc) is 3.23. The number of hydrazone groups is 1. The predicted molar refractivity (Wildman–Crippen MR) is 108 cm³/mol. The fourth-order valence-corrected chi connectivity index (χ4v) is 2.74. The SMILES string of the molecule is COc1cc(/C=N\NC(=O)c2ccc(C)cc2Cl)ccc1OC(=O)c1ccco1. The Morgan fingerprint density at radius 1 is 1.14 bits per heavy atom. The maximum Gasteiger partial charge on any atom is 0.379 e. The van der Waals surface area contributed by atoms with Gasteiger partial charge in [-0.05, 0) is 60.5 Å². The number of furan rings is 1. The summed E-state index contributed by atoms with van der Waals surface area (Å²) in [6.45, 7) is 1.88. The molecule has 0 aliphatic carbocycles. The van der Waals surface area contributed by atoms with E-state index in [-0.39, 0.29) is 11.5 Å². The van der Waals surface area contributed by atoms with Gasteiger partial charge in [0, 0.05) is 0 Å². The van der Waals surface area contributed by atoms with Crippen LogP contribution in [0.25, 0.3) is 0 Å². The summed E-state index contributed by atoms with van der Waals surface area (Å²) < 4.78 is 15.5. The van der Waals surface area contributed by atoms with Crippen LogP contribution in [-0.4, -0.2) is 25.2 Å². The van der Waals surface area contributed by atoms with Crippen molar-refractivity contribution in [1.82, 2.24) is 5.43 Å². The first-order valence-electron chi connectivity index (χ1n) is 8.51. The number of aryl methyl sites for hydroxylation is 1. The van der Waals surface area contributed by atoms with Crippen LogP contribution in [0, 0.1) is 6.92 Å². The lowest BCUT2D eigenvalue weighted by molar-refractivity contribution is 0.0696. The number of hydrogen-bond acceptors (Lipinski definition) is 6. The maximum absolute atomic E-state index is 12.2. The molecule has 0 saturated heterocycles. The number of amides is 1. The van der Waals surface area contributed by atoms with Crippen molar-refractivity contribution < 1.29 is 23.5 Å². The minimum Gasteiger partial charge on any atom is -0.493 e. The van der Waals surface area contributed by atoms with Crippen LogP contribution in [0.2, 0.25) is 5.02 Å². The average molecular weight is 413 g/mol. The fraction of sp³-hybridized carbons (Fsp3) is 0.0952. The largest absolute Gasteiger partial charge is 0.493 e. The van der Waals surface area contributed by atoms with Crippen LogP contribution in [0.15, 0.2) is 64.3 Å². The first kappa shape index (κ1) is 20.2. The molecule has 1 amide bonds. The molecule has 0 fully saturated rings. The van der Waals surface area contributed by atoms with E-state index in [9.17, 15) is 9.59 Å². The Hall–Kier alpha value is -3.58. The molecule has 8 heteroatoms. The highest BCUT2D eigenvalue weighted by Gasteiger charge is 2.15.